The summed E-state index contributed by atoms with van der Waals surface area (Å²) in [5.74, 6) is -0.456. The third-order valence-electron chi connectivity index (χ3n) is 5.62. The van der Waals surface area contributed by atoms with Crippen LogP contribution in [0.5, 0.6) is 11.5 Å². The van der Waals surface area contributed by atoms with Crippen LogP contribution in [0, 0.1) is 0 Å². The highest BCUT2D eigenvalue weighted by Gasteiger charge is 2.39. The van der Waals surface area contributed by atoms with Crippen LogP contribution in [0.4, 0.5) is 17.1 Å². The number of carbonyl (C=O) groups is 3. The largest absolute Gasteiger partial charge is 0.457 e. The second-order valence-corrected chi connectivity index (χ2v) is 9.61. The lowest BCUT2D eigenvalue weighted by atomic mass is 10.1. The quantitative estimate of drug-likeness (QED) is 0.222. The molecule has 0 aromatic heterocycles. The summed E-state index contributed by atoms with van der Waals surface area (Å²) in [6, 6.07) is 27.1. The molecule has 194 valence electrons. The number of halogens is 3. The second kappa shape index (κ2) is 11.2. The van der Waals surface area contributed by atoms with Gasteiger partial charge in [-0.05, 0) is 72.8 Å². The van der Waals surface area contributed by atoms with E-state index in [-0.39, 0.29) is 32.4 Å². The van der Waals surface area contributed by atoms with Crippen molar-refractivity contribution in [2.75, 3.05) is 15.5 Å². The first-order valence-electron chi connectivity index (χ1n) is 11.5. The zero-order valence-electron chi connectivity index (χ0n) is 20.0. The molecule has 0 bridgehead atoms. The van der Waals surface area contributed by atoms with E-state index >= 15 is 0 Å². The van der Waals surface area contributed by atoms with Gasteiger partial charge in [0.1, 0.15) is 22.2 Å². The molecule has 0 fully saturated rings. The number of carbonyl (C=O) groups excluding carboxylic acids is 3. The van der Waals surface area contributed by atoms with E-state index in [2.05, 4.69) is 10.6 Å². The highest BCUT2D eigenvalue weighted by Crippen LogP contribution is 2.33. The molecule has 5 rings (SSSR count). The van der Waals surface area contributed by atoms with E-state index in [4.69, 9.17) is 39.5 Å². The highest BCUT2D eigenvalue weighted by molar-refractivity contribution is 6.53. The van der Waals surface area contributed by atoms with Crippen molar-refractivity contribution >= 4 is 69.6 Å². The topological polar surface area (TPSA) is 87.7 Å². The van der Waals surface area contributed by atoms with Crippen LogP contribution in [0.3, 0.4) is 0 Å². The Morgan fingerprint density at radius 1 is 0.692 bits per heavy atom. The lowest BCUT2D eigenvalue weighted by Gasteiger charge is -2.16. The molecule has 1 aliphatic heterocycles. The lowest BCUT2D eigenvalue weighted by Crippen LogP contribution is -2.32. The molecule has 0 atom stereocenters. The molecule has 7 nitrogen and oxygen atoms in total. The Balaban J connectivity index is 1.28. The third-order valence-corrected chi connectivity index (χ3v) is 6.41. The molecule has 0 spiro atoms. The predicted octanol–water partition coefficient (Wildman–Crippen LogP) is 7.47. The van der Waals surface area contributed by atoms with Crippen LogP contribution in [0.25, 0.3) is 0 Å². The predicted molar refractivity (Wildman–Crippen MR) is 153 cm³/mol. The minimum Gasteiger partial charge on any atom is -0.457 e. The summed E-state index contributed by atoms with van der Waals surface area (Å²) < 4.78 is 5.77. The molecule has 10 heteroatoms. The van der Waals surface area contributed by atoms with Gasteiger partial charge in [0.15, 0.2) is 0 Å². The average molecular weight is 579 g/mol. The van der Waals surface area contributed by atoms with Crippen LogP contribution in [0.1, 0.15) is 10.4 Å². The summed E-state index contributed by atoms with van der Waals surface area (Å²) in [4.78, 5) is 39.6. The van der Waals surface area contributed by atoms with Crippen LogP contribution in [-0.2, 0) is 9.59 Å². The molecule has 0 aliphatic carbocycles. The van der Waals surface area contributed by atoms with Crippen LogP contribution >= 0.6 is 34.8 Å². The molecule has 0 radical (unpaired) electrons. The molecule has 0 saturated heterocycles. The first kappa shape index (κ1) is 26.3. The average Bonchev–Trinajstić information content (AvgIpc) is 3.13. The molecule has 4 aromatic rings. The summed E-state index contributed by atoms with van der Waals surface area (Å²) in [5.41, 5.74) is 1.32. The Hall–Kier alpha value is -4.30. The van der Waals surface area contributed by atoms with Crippen molar-refractivity contribution in [1.29, 1.82) is 0 Å². The lowest BCUT2D eigenvalue weighted by molar-refractivity contribution is -0.120. The third kappa shape index (κ3) is 5.91. The summed E-state index contributed by atoms with van der Waals surface area (Å²) in [6.45, 7) is 0. The number of imide groups is 1. The standard InChI is InChI=1S/C29H18Cl3N3O4/c30-18-14-19(31)16-22(15-18)35-28(37)25(32)26(29(35)38)33-21-6-4-5-17(13-21)27(36)34-20-9-11-24(12-10-20)39-23-7-2-1-3-8-23/h1-16,33H,(H,34,36). The van der Waals surface area contributed by atoms with Crippen molar-refractivity contribution in [3.63, 3.8) is 0 Å². The van der Waals surface area contributed by atoms with Gasteiger partial charge in [-0.15, -0.1) is 0 Å². The van der Waals surface area contributed by atoms with Gasteiger partial charge >= 0.3 is 0 Å². The molecule has 2 N–H and O–H groups in total. The van der Waals surface area contributed by atoms with Crippen molar-refractivity contribution in [3.05, 3.63) is 123 Å². The van der Waals surface area contributed by atoms with Gasteiger partial charge in [-0.25, -0.2) is 4.90 Å². The van der Waals surface area contributed by atoms with Crippen molar-refractivity contribution in [1.82, 2.24) is 0 Å². The van der Waals surface area contributed by atoms with Gasteiger partial charge in [0, 0.05) is 27.0 Å². The van der Waals surface area contributed by atoms with Crippen LogP contribution in [-0.4, -0.2) is 17.7 Å². The number of rotatable bonds is 7. The maximum absolute atomic E-state index is 13.1. The molecular weight excluding hydrogens is 561 g/mol. The molecule has 39 heavy (non-hydrogen) atoms. The van der Waals surface area contributed by atoms with E-state index in [1.165, 1.54) is 24.3 Å². The van der Waals surface area contributed by atoms with Gasteiger partial charge in [0.25, 0.3) is 17.7 Å². The number of nitrogens with zero attached hydrogens (tertiary/aromatic N) is 1. The molecular formula is C29H18Cl3N3O4. The summed E-state index contributed by atoms with van der Waals surface area (Å²) in [7, 11) is 0. The Labute approximate surface area is 238 Å². The molecule has 1 heterocycles. The molecule has 3 amide bonds. The zero-order chi connectivity index (χ0) is 27.5. The molecule has 0 unspecified atom stereocenters. The highest BCUT2D eigenvalue weighted by atomic mass is 35.5. The molecule has 4 aromatic carbocycles. The molecule has 0 saturated carbocycles. The van der Waals surface area contributed by atoms with Crippen molar-refractivity contribution in [2.45, 2.75) is 0 Å². The maximum Gasteiger partial charge on any atom is 0.283 e. The van der Waals surface area contributed by atoms with Gasteiger partial charge in [-0.1, -0.05) is 59.1 Å². The van der Waals surface area contributed by atoms with Crippen molar-refractivity contribution in [3.8, 4) is 11.5 Å². The zero-order valence-corrected chi connectivity index (χ0v) is 22.2. The number of amides is 3. The number of ether oxygens (including phenoxy) is 1. The minimum absolute atomic E-state index is 0.135. The first-order valence-corrected chi connectivity index (χ1v) is 12.7. The fourth-order valence-corrected chi connectivity index (χ4v) is 4.56. The minimum atomic E-state index is -0.726. The second-order valence-electron chi connectivity index (χ2n) is 8.36. The van der Waals surface area contributed by atoms with E-state index in [0.29, 0.717) is 28.4 Å². The summed E-state index contributed by atoms with van der Waals surface area (Å²) >= 11 is 18.3. The van der Waals surface area contributed by atoms with Crippen molar-refractivity contribution in [2.24, 2.45) is 0 Å². The molecule has 1 aliphatic rings. The number of para-hydroxylation sites is 1. The summed E-state index contributed by atoms with van der Waals surface area (Å²) in [5, 5.41) is 5.89. The van der Waals surface area contributed by atoms with E-state index in [1.54, 1.807) is 42.5 Å². The van der Waals surface area contributed by atoms with E-state index in [0.717, 1.165) is 4.90 Å². The Morgan fingerprint density at radius 2 is 1.36 bits per heavy atom. The normalized spacial score (nSPS) is 13.1. The van der Waals surface area contributed by atoms with E-state index in [9.17, 15) is 14.4 Å². The van der Waals surface area contributed by atoms with E-state index in [1.807, 2.05) is 30.3 Å². The number of benzene rings is 4. The monoisotopic (exact) mass is 577 g/mol. The van der Waals surface area contributed by atoms with Gasteiger partial charge in [0.2, 0.25) is 0 Å². The van der Waals surface area contributed by atoms with Crippen LogP contribution < -0.4 is 20.3 Å². The van der Waals surface area contributed by atoms with Gasteiger partial charge < -0.3 is 15.4 Å². The number of anilines is 3. The fraction of sp³-hybridized carbons (Fsp3) is 0. The summed E-state index contributed by atoms with van der Waals surface area (Å²) in [6.07, 6.45) is 0. The number of nitrogens with one attached hydrogen (secondary N) is 2. The van der Waals surface area contributed by atoms with Crippen molar-refractivity contribution < 1.29 is 19.1 Å². The van der Waals surface area contributed by atoms with E-state index < -0.39 is 11.8 Å². The Bertz CT molecular complexity index is 1600. The first-order chi connectivity index (χ1) is 18.8. The maximum atomic E-state index is 13.1. The number of hydrogen-bond acceptors (Lipinski definition) is 5. The van der Waals surface area contributed by atoms with Gasteiger partial charge in [0.05, 0.1) is 5.69 Å². The Morgan fingerprint density at radius 3 is 2.05 bits per heavy atom. The van der Waals surface area contributed by atoms with Crippen LogP contribution in [0.15, 0.2) is 108 Å². The number of hydrogen-bond donors (Lipinski definition) is 2. The van der Waals surface area contributed by atoms with Gasteiger partial charge in [-0.3, -0.25) is 14.4 Å². The van der Waals surface area contributed by atoms with Gasteiger partial charge in [-0.2, -0.15) is 0 Å². The fourth-order valence-electron chi connectivity index (χ4n) is 3.83. The Kier molecular flexibility index (Phi) is 7.56. The SMILES string of the molecule is O=C(Nc1ccc(Oc2ccccc2)cc1)c1cccc(NC2=C(Cl)C(=O)N(c3cc(Cl)cc(Cl)c3)C2=O)c1. The van der Waals surface area contributed by atoms with Crippen LogP contribution in [0.2, 0.25) is 10.0 Å². The smallest absolute Gasteiger partial charge is 0.283 e.